The van der Waals surface area contributed by atoms with Gasteiger partial charge in [0.15, 0.2) is 9.84 Å². The molecule has 7 heteroatoms. The third kappa shape index (κ3) is 3.86. The molecule has 0 aromatic heterocycles. The molecule has 1 aromatic carbocycles. The molecular formula is C18H24N2O4S. The highest BCUT2D eigenvalue weighted by Gasteiger charge is 2.50. The van der Waals surface area contributed by atoms with Crippen LogP contribution < -0.4 is 5.32 Å². The van der Waals surface area contributed by atoms with Crippen molar-refractivity contribution in [2.75, 3.05) is 23.9 Å². The molecule has 1 aliphatic heterocycles. The number of sulfone groups is 1. The Balaban J connectivity index is 1.57. The molecule has 1 saturated carbocycles. The number of benzene rings is 1. The Bertz CT molecular complexity index is 818. The molecule has 0 spiro atoms. The van der Waals surface area contributed by atoms with E-state index in [-0.39, 0.29) is 41.2 Å². The summed E-state index contributed by atoms with van der Waals surface area (Å²) in [6.07, 6.45) is 1.01. The summed E-state index contributed by atoms with van der Waals surface area (Å²) in [5, 5.41) is 2.87. The third-order valence-corrected chi connectivity index (χ3v) is 7.07. The molecule has 2 amide bonds. The highest BCUT2D eigenvalue weighted by Crippen LogP contribution is 2.41. The van der Waals surface area contributed by atoms with E-state index in [4.69, 9.17) is 0 Å². The molecule has 3 rings (SSSR count). The minimum absolute atomic E-state index is 0.0292. The zero-order valence-corrected chi connectivity index (χ0v) is 15.6. The van der Waals surface area contributed by atoms with E-state index in [1.165, 1.54) is 4.90 Å². The van der Waals surface area contributed by atoms with Crippen LogP contribution in [0.3, 0.4) is 0 Å². The molecule has 1 saturated heterocycles. The van der Waals surface area contributed by atoms with E-state index in [2.05, 4.69) is 5.32 Å². The maximum absolute atomic E-state index is 12.5. The summed E-state index contributed by atoms with van der Waals surface area (Å²) in [6, 6.07) is 5.47. The molecule has 1 N–H and O–H groups in total. The normalized spacial score (nSPS) is 26.9. The Morgan fingerprint density at radius 3 is 2.48 bits per heavy atom. The number of nitrogens with one attached hydrogen (secondary N) is 1. The molecule has 1 heterocycles. The molecule has 1 aromatic rings. The molecule has 0 radical (unpaired) electrons. The van der Waals surface area contributed by atoms with Gasteiger partial charge in [0, 0.05) is 18.8 Å². The van der Waals surface area contributed by atoms with Gasteiger partial charge in [-0.05, 0) is 49.9 Å². The summed E-state index contributed by atoms with van der Waals surface area (Å²) < 4.78 is 23.2. The Labute approximate surface area is 148 Å². The van der Waals surface area contributed by atoms with Gasteiger partial charge in [-0.25, -0.2) is 8.42 Å². The molecule has 2 fully saturated rings. The van der Waals surface area contributed by atoms with Crippen LogP contribution in [0.4, 0.5) is 5.69 Å². The van der Waals surface area contributed by atoms with Crippen LogP contribution in [0.25, 0.3) is 0 Å². The van der Waals surface area contributed by atoms with E-state index in [0.717, 1.165) is 16.8 Å². The van der Waals surface area contributed by atoms with Gasteiger partial charge in [0.1, 0.15) is 0 Å². The summed E-state index contributed by atoms with van der Waals surface area (Å²) in [7, 11) is -1.39. The monoisotopic (exact) mass is 364 g/mol. The minimum atomic E-state index is -3.03. The van der Waals surface area contributed by atoms with Gasteiger partial charge in [0.2, 0.25) is 11.8 Å². The Morgan fingerprint density at radius 1 is 1.16 bits per heavy atom. The van der Waals surface area contributed by atoms with E-state index in [1.807, 2.05) is 32.0 Å². The van der Waals surface area contributed by atoms with E-state index in [9.17, 15) is 18.0 Å². The topological polar surface area (TPSA) is 83.6 Å². The van der Waals surface area contributed by atoms with Crippen molar-refractivity contribution in [3.05, 3.63) is 29.3 Å². The number of carbonyl (C=O) groups is 2. The molecule has 3 atom stereocenters. The number of rotatable bonds is 4. The average molecular weight is 364 g/mol. The second kappa shape index (κ2) is 6.44. The van der Waals surface area contributed by atoms with Crippen LogP contribution in [-0.2, 0) is 19.4 Å². The number of amides is 2. The van der Waals surface area contributed by atoms with E-state index in [0.29, 0.717) is 12.8 Å². The zero-order chi connectivity index (χ0) is 18.4. The largest absolute Gasteiger partial charge is 0.341 e. The summed E-state index contributed by atoms with van der Waals surface area (Å²) in [5.41, 5.74) is 3.00. The van der Waals surface area contributed by atoms with Crippen molar-refractivity contribution < 1.29 is 18.0 Å². The summed E-state index contributed by atoms with van der Waals surface area (Å²) in [4.78, 5) is 26.4. The lowest BCUT2D eigenvalue weighted by Crippen LogP contribution is -2.39. The average Bonchev–Trinajstić information content (AvgIpc) is 3.27. The molecule has 1 aliphatic carbocycles. The van der Waals surface area contributed by atoms with Crippen molar-refractivity contribution >= 4 is 27.3 Å². The second-order valence-corrected chi connectivity index (χ2v) is 9.47. The van der Waals surface area contributed by atoms with E-state index in [1.54, 1.807) is 7.05 Å². The van der Waals surface area contributed by atoms with Crippen molar-refractivity contribution in [2.45, 2.75) is 32.7 Å². The maximum atomic E-state index is 12.5. The highest BCUT2D eigenvalue weighted by atomic mass is 32.2. The zero-order valence-electron chi connectivity index (χ0n) is 14.8. The number of anilines is 1. The fraction of sp³-hybridized carbons (Fsp3) is 0.556. The van der Waals surface area contributed by atoms with Crippen LogP contribution in [0, 0.1) is 25.7 Å². The van der Waals surface area contributed by atoms with E-state index >= 15 is 0 Å². The van der Waals surface area contributed by atoms with Gasteiger partial charge in [-0.3, -0.25) is 9.59 Å². The van der Waals surface area contributed by atoms with Crippen LogP contribution in [0.2, 0.25) is 0 Å². The van der Waals surface area contributed by atoms with Crippen LogP contribution in [0.5, 0.6) is 0 Å². The number of carbonyl (C=O) groups excluding carboxylic acids is 2. The molecule has 0 bridgehead atoms. The van der Waals surface area contributed by atoms with Crippen LogP contribution in [0.1, 0.15) is 24.0 Å². The Hall–Kier alpha value is -1.89. The van der Waals surface area contributed by atoms with Crippen LogP contribution in [-0.4, -0.2) is 49.7 Å². The number of nitrogens with zero attached hydrogens (tertiary/aromatic N) is 1. The lowest BCUT2D eigenvalue weighted by molar-refractivity contribution is -0.134. The molecular weight excluding hydrogens is 340 g/mol. The summed E-state index contributed by atoms with van der Waals surface area (Å²) >= 11 is 0. The van der Waals surface area contributed by atoms with Crippen molar-refractivity contribution in [1.29, 1.82) is 0 Å². The van der Waals surface area contributed by atoms with Crippen molar-refractivity contribution in [3.8, 4) is 0 Å². The van der Waals surface area contributed by atoms with Crippen LogP contribution in [0.15, 0.2) is 18.2 Å². The van der Waals surface area contributed by atoms with Gasteiger partial charge in [0.05, 0.1) is 23.3 Å². The van der Waals surface area contributed by atoms with Gasteiger partial charge in [0.25, 0.3) is 0 Å². The third-order valence-electron chi connectivity index (χ3n) is 5.32. The van der Waals surface area contributed by atoms with E-state index < -0.39 is 9.84 Å². The van der Waals surface area contributed by atoms with Crippen molar-refractivity contribution in [2.24, 2.45) is 11.8 Å². The Morgan fingerprint density at radius 2 is 1.88 bits per heavy atom. The van der Waals surface area contributed by atoms with Crippen molar-refractivity contribution in [3.63, 3.8) is 0 Å². The summed E-state index contributed by atoms with van der Waals surface area (Å²) in [6.45, 7) is 3.99. The number of aryl methyl sites for hydroxylation is 2. The lowest BCUT2D eigenvalue weighted by Gasteiger charge is -2.23. The fourth-order valence-corrected chi connectivity index (χ4v) is 5.11. The van der Waals surface area contributed by atoms with Gasteiger partial charge < -0.3 is 10.2 Å². The maximum Gasteiger partial charge on any atom is 0.228 e. The summed E-state index contributed by atoms with van der Waals surface area (Å²) in [5.74, 6) is -0.760. The van der Waals surface area contributed by atoms with Gasteiger partial charge in [-0.2, -0.15) is 0 Å². The first-order valence-corrected chi connectivity index (χ1v) is 10.4. The predicted molar refractivity (Wildman–Crippen MR) is 96.0 cm³/mol. The number of hydrogen-bond donors (Lipinski definition) is 1. The molecule has 136 valence electrons. The minimum Gasteiger partial charge on any atom is -0.341 e. The van der Waals surface area contributed by atoms with Gasteiger partial charge in [-0.1, -0.05) is 6.07 Å². The Kier molecular flexibility index (Phi) is 4.62. The molecule has 3 unspecified atom stereocenters. The first kappa shape index (κ1) is 17.9. The molecule has 2 aliphatic rings. The smallest absolute Gasteiger partial charge is 0.228 e. The molecule has 6 nitrogen and oxygen atoms in total. The van der Waals surface area contributed by atoms with Gasteiger partial charge >= 0.3 is 0 Å². The first-order chi connectivity index (χ1) is 11.7. The molecule has 25 heavy (non-hydrogen) atoms. The fourth-order valence-electron chi connectivity index (χ4n) is 3.33. The SMILES string of the molecule is Cc1ccc(NC(=O)C2CC2C(=O)N(C)C2CCS(=O)(=O)C2)cc1C. The predicted octanol–water partition coefficient (Wildman–Crippen LogP) is 1.52. The standard InChI is InChI=1S/C18H24N2O4S/c1-11-4-5-13(8-12(11)2)19-17(21)15-9-16(15)18(22)20(3)14-6-7-25(23,24)10-14/h4-5,8,14-16H,6-7,9-10H2,1-3H3,(H,19,21). The quantitative estimate of drug-likeness (QED) is 0.878. The van der Waals surface area contributed by atoms with Crippen LogP contribution >= 0.6 is 0 Å². The highest BCUT2D eigenvalue weighted by molar-refractivity contribution is 7.91. The van der Waals surface area contributed by atoms with Crippen molar-refractivity contribution in [1.82, 2.24) is 4.90 Å². The van der Waals surface area contributed by atoms with Gasteiger partial charge in [-0.15, -0.1) is 0 Å². The second-order valence-electron chi connectivity index (χ2n) is 7.24. The number of hydrogen-bond acceptors (Lipinski definition) is 4. The lowest BCUT2D eigenvalue weighted by atomic mass is 10.1. The first-order valence-electron chi connectivity index (χ1n) is 8.53.